The van der Waals surface area contributed by atoms with Gasteiger partial charge in [0.15, 0.2) is 0 Å². The maximum absolute atomic E-state index is 12.2. The Morgan fingerprint density at radius 1 is 1.26 bits per heavy atom. The van der Waals surface area contributed by atoms with Crippen molar-refractivity contribution in [2.24, 2.45) is 0 Å². The molecular weight excluding hydrogens is 264 g/mol. The molecule has 0 saturated carbocycles. The zero-order valence-electron chi connectivity index (χ0n) is 9.59. The zero-order chi connectivity index (χ0) is 13.1. The van der Waals surface area contributed by atoms with Crippen LogP contribution in [0.15, 0.2) is 42.3 Å². The summed E-state index contributed by atoms with van der Waals surface area (Å²) in [4.78, 5) is 16.6. The minimum atomic E-state index is -0.202. The van der Waals surface area contributed by atoms with E-state index in [1.807, 2.05) is 5.38 Å². The number of nitrogens with zero attached hydrogens (tertiary/aromatic N) is 5. The molecule has 0 fully saturated rings. The van der Waals surface area contributed by atoms with Gasteiger partial charge in [0.25, 0.3) is 5.91 Å². The Labute approximate surface area is 111 Å². The molecule has 3 aromatic heterocycles. The van der Waals surface area contributed by atoms with E-state index in [2.05, 4.69) is 25.8 Å². The maximum atomic E-state index is 12.2. The van der Waals surface area contributed by atoms with Crippen LogP contribution in [0, 0.1) is 0 Å². The van der Waals surface area contributed by atoms with Crippen molar-refractivity contribution in [3.05, 3.63) is 47.2 Å². The molecule has 8 heteroatoms. The Morgan fingerprint density at radius 2 is 2.11 bits per heavy atom. The van der Waals surface area contributed by atoms with E-state index < -0.39 is 0 Å². The molecule has 1 N–H and O–H groups in total. The number of thiophene rings is 1. The summed E-state index contributed by atoms with van der Waals surface area (Å²) in [5.74, 6) is -0.202. The number of aromatic nitrogens is 5. The largest absolute Gasteiger partial charge is 0.321 e. The maximum Gasteiger partial charge on any atom is 0.267 e. The lowest BCUT2D eigenvalue weighted by Crippen LogP contribution is -2.13. The smallest absolute Gasteiger partial charge is 0.267 e. The summed E-state index contributed by atoms with van der Waals surface area (Å²) >= 11 is 1.33. The van der Waals surface area contributed by atoms with Gasteiger partial charge in [0, 0.05) is 18.1 Å². The molecule has 19 heavy (non-hydrogen) atoms. The van der Waals surface area contributed by atoms with Gasteiger partial charge in [-0.25, -0.2) is 0 Å². The Bertz CT molecular complexity index is 678. The summed E-state index contributed by atoms with van der Waals surface area (Å²) in [5, 5.41) is 15.5. The molecule has 0 atom stereocenters. The van der Waals surface area contributed by atoms with Crippen molar-refractivity contribution < 1.29 is 4.79 Å². The molecule has 3 aromatic rings. The van der Waals surface area contributed by atoms with Crippen LogP contribution in [0.3, 0.4) is 0 Å². The Balaban J connectivity index is 1.87. The van der Waals surface area contributed by atoms with Gasteiger partial charge in [0.1, 0.15) is 11.2 Å². The number of amides is 1. The molecule has 3 rings (SSSR count). The summed E-state index contributed by atoms with van der Waals surface area (Å²) in [7, 11) is 0. The summed E-state index contributed by atoms with van der Waals surface area (Å²) < 4.78 is 1.46. The average molecular weight is 272 g/mol. The molecule has 0 radical (unpaired) electrons. The van der Waals surface area contributed by atoms with E-state index in [1.165, 1.54) is 22.3 Å². The van der Waals surface area contributed by atoms with Crippen molar-refractivity contribution in [3.63, 3.8) is 0 Å². The number of anilines is 1. The highest BCUT2D eigenvalue weighted by Gasteiger charge is 2.15. The molecule has 3 heterocycles. The van der Waals surface area contributed by atoms with Gasteiger partial charge in [-0.2, -0.15) is 4.68 Å². The van der Waals surface area contributed by atoms with Gasteiger partial charge in [0.2, 0.25) is 0 Å². The van der Waals surface area contributed by atoms with Gasteiger partial charge in [-0.05, 0) is 34.0 Å². The van der Waals surface area contributed by atoms with Crippen LogP contribution in [-0.2, 0) is 0 Å². The predicted octanol–water partition coefficient (Wildman–Crippen LogP) is 1.37. The minimum absolute atomic E-state index is 0.202. The fourth-order valence-electron chi connectivity index (χ4n) is 1.55. The summed E-state index contributed by atoms with van der Waals surface area (Å²) in [6.07, 6.45) is 4.68. The molecule has 0 spiro atoms. The van der Waals surface area contributed by atoms with Crippen LogP contribution < -0.4 is 5.32 Å². The second-order valence-corrected chi connectivity index (χ2v) is 4.50. The van der Waals surface area contributed by atoms with Crippen molar-refractivity contribution in [2.75, 3.05) is 5.32 Å². The average Bonchev–Trinajstić information content (AvgIpc) is 3.10. The van der Waals surface area contributed by atoms with Crippen LogP contribution in [0.4, 0.5) is 5.69 Å². The molecule has 0 aliphatic rings. The molecule has 1 amide bonds. The second-order valence-electron chi connectivity index (χ2n) is 3.58. The number of rotatable bonds is 3. The van der Waals surface area contributed by atoms with Crippen LogP contribution >= 0.6 is 11.3 Å². The molecule has 94 valence electrons. The Morgan fingerprint density at radius 3 is 2.84 bits per heavy atom. The highest BCUT2D eigenvalue weighted by Crippen LogP contribution is 2.21. The number of carbonyl (C=O) groups is 1. The summed E-state index contributed by atoms with van der Waals surface area (Å²) in [6.45, 7) is 0. The fourth-order valence-corrected chi connectivity index (χ4v) is 2.32. The summed E-state index contributed by atoms with van der Waals surface area (Å²) in [5.41, 5.74) is 1.35. The van der Waals surface area contributed by atoms with Crippen LogP contribution in [0.5, 0.6) is 0 Å². The van der Waals surface area contributed by atoms with Crippen LogP contribution in [0.1, 0.15) is 9.67 Å². The normalized spacial score (nSPS) is 10.3. The fraction of sp³-hybridized carbons (Fsp3) is 0. The van der Waals surface area contributed by atoms with E-state index in [-0.39, 0.29) is 5.91 Å². The number of tetrazole rings is 1. The van der Waals surface area contributed by atoms with Gasteiger partial charge >= 0.3 is 0 Å². The first-order valence-electron chi connectivity index (χ1n) is 5.37. The van der Waals surface area contributed by atoms with Crippen molar-refractivity contribution in [1.82, 2.24) is 25.2 Å². The Hall–Kier alpha value is -2.61. The molecule has 0 aliphatic heterocycles. The number of pyridine rings is 1. The predicted molar refractivity (Wildman–Crippen MR) is 69.2 cm³/mol. The number of hydrogen-bond acceptors (Lipinski definition) is 6. The van der Waals surface area contributed by atoms with Gasteiger partial charge in [-0.3, -0.25) is 9.78 Å². The molecule has 0 bridgehead atoms. The highest BCUT2D eigenvalue weighted by molar-refractivity contribution is 7.12. The van der Waals surface area contributed by atoms with Crippen molar-refractivity contribution in [3.8, 4) is 5.69 Å². The molecular formula is C11H8N6OS. The van der Waals surface area contributed by atoms with Gasteiger partial charge in [-0.15, -0.1) is 16.4 Å². The molecule has 0 saturated heterocycles. The topological polar surface area (TPSA) is 85.6 Å². The van der Waals surface area contributed by atoms with E-state index in [0.717, 1.165) is 0 Å². The minimum Gasteiger partial charge on any atom is -0.321 e. The lowest BCUT2D eigenvalue weighted by molar-refractivity contribution is 0.103. The SMILES string of the molecule is O=C(Nc1ccncc1)c1sccc1-n1cnnn1. The number of hydrogen-bond donors (Lipinski definition) is 1. The molecule has 0 unspecified atom stereocenters. The van der Waals surface area contributed by atoms with Crippen molar-refractivity contribution >= 4 is 22.9 Å². The van der Waals surface area contributed by atoms with Crippen LogP contribution in [-0.4, -0.2) is 31.1 Å². The van der Waals surface area contributed by atoms with E-state index in [0.29, 0.717) is 16.3 Å². The third-order valence-electron chi connectivity index (χ3n) is 2.38. The third kappa shape index (κ3) is 2.33. The quantitative estimate of drug-likeness (QED) is 0.778. The van der Waals surface area contributed by atoms with E-state index in [4.69, 9.17) is 0 Å². The van der Waals surface area contributed by atoms with Gasteiger partial charge in [-0.1, -0.05) is 0 Å². The van der Waals surface area contributed by atoms with Crippen molar-refractivity contribution in [2.45, 2.75) is 0 Å². The highest BCUT2D eigenvalue weighted by atomic mass is 32.1. The molecule has 0 aromatic carbocycles. The van der Waals surface area contributed by atoms with Crippen LogP contribution in [0.25, 0.3) is 5.69 Å². The van der Waals surface area contributed by atoms with Gasteiger partial charge in [0.05, 0.1) is 5.69 Å². The van der Waals surface area contributed by atoms with Crippen LogP contribution in [0.2, 0.25) is 0 Å². The van der Waals surface area contributed by atoms with E-state index in [9.17, 15) is 4.79 Å². The Kier molecular flexibility index (Phi) is 2.99. The lowest BCUT2D eigenvalue weighted by atomic mass is 10.3. The van der Waals surface area contributed by atoms with Gasteiger partial charge < -0.3 is 5.32 Å². The second kappa shape index (κ2) is 4.94. The molecule has 0 aliphatic carbocycles. The first-order chi connectivity index (χ1) is 9.34. The number of carbonyl (C=O) groups excluding carboxylic acids is 1. The van der Waals surface area contributed by atoms with E-state index in [1.54, 1.807) is 30.6 Å². The standard InChI is InChI=1S/C11H8N6OS/c18-11(14-8-1-4-12-5-2-8)10-9(3-6-19-10)17-7-13-15-16-17/h1-7H,(H,12,14,18). The third-order valence-corrected chi connectivity index (χ3v) is 3.29. The first kappa shape index (κ1) is 11.5. The van der Waals surface area contributed by atoms with Crippen molar-refractivity contribution in [1.29, 1.82) is 0 Å². The first-order valence-corrected chi connectivity index (χ1v) is 6.25. The summed E-state index contributed by atoms with van der Waals surface area (Å²) in [6, 6.07) is 5.24. The number of nitrogens with one attached hydrogen (secondary N) is 1. The zero-order valence-corrected chi connectivity index (χ0v) is 10.4. The molecule has 7 nitrogen and oxygen atoms in total. The monoisotopic (exact) mass is 272 g/mol. The van der Waals surface area contributed by atoms with E-state index >= 15 is 0 Å². The lowest BCUT2D eigenvalue weighted by Gasteiger charge is -2.04.